The summed E-state index contributed by atoms with van der Waals surface area (Å²) in [5.41, 5.74) is 5.50. The van der Waals surface area contributed by atoms with Gasteiger partial charge in [0, 0.05) is 6.54 Å². The molecule has 2 atom stereocenters. The van der Waals surface area contributed by atoms with Gasteiger partial charge in [-0.3, -0.25) is 0 Å². The van der Waals surface area contributed by atoms with Gasteiger partial charge >= 0.3 is 0 Å². The molecule has 0 amide bonds. The van der Waals surface area contributed by atoms with Crippen molar-refractivity contribution in [3.8, 4) is 0 Å². The van der Waals surface area contributed by atoms with Crippen LogP contribution in [0.15, 0.2) is 22.8 Å². The number of nitrogens with two attached hydrogens (primary N) is 1. The average Bonchev–Trinajstić information content (AvgIpc) is 2.73. The molecule has 0 saturated carbocycles. The SMILES string of the molecule is CC1(CN)OCC(c2ccco2)O1. The maximum Gasteiger partial charge on any atom is 0.178 e. The summed E-state index contributed by atoms with van der Waals surface area (Å²) in [5, 5.41) is 0. The molecule has 2 rings (SSSR count). The zero-order valence-corrected chi connectivity index (χ0v) is 7.53. The highest BCUT2D eigenvalue weighted by Gasteiger charge is 2.37. The first-order valence-electron chi connectivity index (χ1n) is 4.29. The van der Waals surface area contributed by atoms with E-state index < -0.39 is 5.79 Å². The predicted molar refractivity (Wildman–Crippen MR) is 45.9 cm³/mol. The zero-order valence-electron chi connectivity index (χ0n) is 7.53. The molecule has 1 aromatic rings. The highest BCUT2D eigenvalue weighted by molar-refractivity contribution is 5.04. The minimum atomic E-state index is -0.655. The minimum absolute atomic E-state index is 0.122. The van der Waals surface area contributed by atoms with Gasteiger partial charge in [-0.15, -0.1) is 0 Å². The van der Waals surface area contributed by atoms with Crippen LogP contribution in [-0.4, -0.2) is 18.9 Å². The molecule has 1 aliphatic heterocycles. The van der Waals surface area contributed by atoms with Crippen LogP contribution in [-0.2, 0) is 9.47 Å². The van der Waals surface area contributed by atoms with E-state index in [4.69, 9.17) is 19.6 Å². The third kappa shape index (κ3) is 1.60. The van der Waals surface area contributed by atoms with Gasteiger partial charge in [0.05, 0.1) is 12.9 Å². The van der Waals surface area contributed by atoms with Crippen LogP contribution in [0.5, 0.6) is 0 Å². The summed E-state index contributed by atoms with van der Waals surface area (Å²) in [7, 11) is 0. The Balaban J connectivity index is 2.07. The highest BCUT2D eigenvalue weighted by atomic mass is 16.7. The lowest BCUT2D eigenvalue weighted by atomic mass is 10.3. The maximum atomic E-state index is 5.60. The van der Waals surface area contributed by atoms with Crippen molar-refractivity contribution in [1.82, 2.24) is 0 Å². The number of furan rings is 1. The normalized spacial score (nSPS) is 33.8. The molecule has 4 heteroatoms. The van der Waals surface area contributed by atoms with E-state index >= 15 is 0 Å². The zero-order chi connectivity index (χ0) is 9.31. The molecule has 72 valence electrons. The summed E-state index contributed by atoms with van der Waals surface area (Å²) < 4.78 is 16.2. The Morgan fingerprint density at radius 2 is 2.54 bits per heavy atom. The molecule has 1 saturated heterocycles. The predicted octanol–water partition coefficient (Wildman–Crippen LogP) is 1.04. The van der Waals surface area contributed by atoms with Crippen molar-refractivity contribution in [2.75, 3.05) is 13.2 Å². The third-order valence-electron chi connectivity index (χ3n) is 2.16. The van der Waals surface area contributed by atoms with Gasteiger partial charge in [0.2, 0.25) is 0 Å². The molecule has 2 heterocycles. The summed E-state index contributed by atoms with van der Waals surface area (Å²) >= 11 is 0. The molecule has 2 N–H and O–H groups in total. The van der Waals surface area contributed by atoms with Crippen LogP contribution < -0.4 is 5.73 Å². The van der Waals surface area contributed by atoms with E-state index in [9.17, 15) is 0 Å². The lowest BCUT2D eigenvalue weighted by Gasteiger charge is -2.20. The maximum absolute atomic E-state index is 5.60. The Hall–Kier alpha value is -0.840. The van der Waals surface area contributed by atoms with E-state index in [0.29, 0.717) is 13.2 Å². The molecule has 0 bridgehead atoms. The molecule has 13 heavy (non-hydrogen) atoms. The van der Waals surface area contributed by atoms with E-state index in [0.717, 1.165) is 5.76 Å². The molecular formula is C9H13NO3. The van der Waals surface area contributed by atoms with Gasteiger partial charge in [0.15, 0.2) is 5.79 Å². The van der Waals surface area contributed by atoms with Crippen LogP contribution in [0.1, 0.15) is 18.8 Å². The van der Waals surface area contributed by atoms with Crippen LogP contribution in [0.25, 0.3) is 0 Å². The third-order valence-corrected chi connectivity index (χ3v) is 2.16. The molecule has 0 aliphatic carbocycles. The fourth-order valence-electron chi connectivity index (χ4n) is 1.34. The smallest absolute Gasteiger partial charge is 0.178 e. The second-order valence-electron chi connectivity index (χ2n) is 3.27. The Kier molecular flexibility index (Phi) is 2.11. The summed E-state index contributed by atoms with van der Waals surface area (Å²) in [6, 6.07) is 3.70. The Labute approximate surface area is 76.6 Å². The molecule has 0 spiro atoms. The van der Waals surface area contributed by atoms with Crippen molar-refractivity contribution >= 4 is 0 Å². The van der Waals surface area contributed by atoms with Gasteiger partial charge in [0.25, 0.3) is 0 Å². The van der Waals surface area contributed by atoms with E-state index in [1.807, 2.05) is 19.1 Å². The quantitative estimate of drug-likeness (QED) is 0.744. The van der Waals surface area contributed by atoms with Crippen LogP contribution >= 0.6 is 0 Å². The Bertz CT molecular complexity index is 272. The topological polar surface area (TPSA) is 57.6 Å². The van der Waals surface area contributed by atoms with E-state index in [1.54, 1.807) is 6.26 Å². The van der Waals surface area contributed by atoms with Crippen molar-refractivity contribution in [3.05, 3.63) is 24.2 Å². The molecule has 1 aliphatic rings. The Morgan fingerprint density at radius 3 is 3.08 bits per heavy atom. The van der Waals surface area contributed by atoms with E-state index in [1.165, 1.54) is 0 Å². The van der Waals surface area contributed by atoms with Gasteiger partial charge < -0.3 is 19.6 Å². The summed E-state index contributed by atoms with van der Waals surface area (Å²) in [4.78, 5) is 0. The van der Waals surface area contributed by atoms with Crippen molar-refractivity contribution in [3.63, 3.8) is 0 Å². The van der Waals surface area contributed by atoms with Gasteiger partial charge in [-0.2, -0.15) is 0 Å². The molecule has 0 aromatic carbocycles. The fourth-order valence-corrected chi connectivity index (χ4v) is 1.34. The Morgan fingerprint density at radius 1 is 1.69 bits per heavy atom. The number of hydrogen-bond acceptors (Lipinski definition) is 4. The van der Waals surface area contributed by atoms with Crippen molar-refractivity contribution < 1.29 is 13.9 Å². The van der Waals surface area contributed by atoms with E-state index in [2.05, 4.69) is 0 Å². The first kappa shape index (κ1) is 8.74. The first-order valence-corrected chi connectivity index (χ1v) is 4.29. The number of hydrogen-bond donors (Lipinski definition) is 1. The van der Waals surface area contributed by atoms with Gasteiger partial charge in [-0.25, -0.2) is 0 Å². The monoisotopic (exact) mass is 183 g/mol. The van der Waals surface area contributed by atoms with Crippen LogP contribution in [0.2, 0.25) is 0 Å². The lowest BCUT2D eigenvalue weighted by Crippen LogP contribution is -2.35. The average molecular weight is 183 g/mol. The van der Waals surface area contributed by atoms with Crippen LogP contribution in [0, 0.1) is 0 Å². The van der Waals surface area contributed by atoms with Crippen molar-refractivity contribution in [1.29, 1.82) is 0 Å². The number of ether oxygens (including phenoxy) is 2. The highest BCUT2D eigenvalue weighted by Crippen LogP contribution is 2.32. The van der Waals surface area contributed by atoms with Gasteiger partial charge in [-0.05, 0) is 19.1 Å². The minimum Gasteiger partial charge on any atom is -0.466 e. The molecule has 2 unspecified atom stereocenters. The second kappa shape index (κ2) is 3.14. The fraction of sp³-hybridized carbons (Fsp3) is 0.556. The van der Waals surface area contributed by atoms with E-state index in [-0.39, 0.29) is 6.10 Å². The molecular weight excluding hydrogens is 170 g/mol. The molecule has 0 radical (unpaired) electrons. The van der Waals surface area contributed by atoms with Gasteiger partial charge in [-0.1, -0.05) is 0 Å². The van der Waals surface area contributed by atoms with Crippen LogP contribution in [0.4, 0.5) is 0 Å². The van der Waals surface area contributed by atoms with Crippen molar-refractivity contribution in [2.24, 2.45) is 5.73 Å². The van der Waals surface area contributed by atoms with Gasteiger partial charge in [0.1, 0.15) is 11.9 Å². The lowest BCUT2D eigenvalue weighted by molar-refractivity contribution is -0.147. The number of rotatable bonds is 2. The van der Waals surface area contributed by atoms with Crippen molar-refractivity contribution in [2.45, 2.75) is 18.8 Å². The molecule has 1 fully saturated rings. The molecule has 1 aromatic heterocycles. The molecule has 4 nitrogen and oxygen atoms in total. The van der Waals surface area contributed by atoms with Crippen LogP contribution in [0.3, 0.4) is 0 Å². The second-order valence-corrected chi connectivity index (χ2v) is 3.27. The summed E-state index contributed by atoms with van der Waals surface area (Å²) in [6.45, 7) is 2.68. The largest absolute Gasteiger partial charge is 0.466 e. The summed E-state index contributed by atoms with van der Waals surface area (Å²) in [6.07, 6.45) is 1.50. The first-order chi connectivity index (χ1) is 6.23. The summed E-state index contributed by atoms with van der Waals surface area (Å²) in [5.74, 6) is 0.134. The standard InChI is InChI=1S/C9H13NO3/c1-9(6-10)12-5-8(13-9)7-3-2-4-11-7/h2-4,8H,5-6,10H2,1H3.